The Bertz CT molecular complexity index is 1160. The van der Waals surface area contributed by atoms with Crippen LogP contribution in [-0.2, 0) is 7.05 Å². The maximum Gasteiger partial charge on any atom is 0.222 e. The Kier molecular flexibility index (Phi) is 2.84. The highest BCUT2D eigenvalue weighted by Gasteiger charge is 2.28. The molecule has 5 rings (SSSR count). The summed E-state index contributed by atoms with van der Waals surface area (Å²) in [5, 5.41) is 5.40. The molecule has 1 aliphatic rings. The van der Waals surface area contributed by atoms with E-state index in [1.807, 2.05) is 11.8 Å². The Labute approximate surface area is 145 Å². The van der Waals surface area contributed by atoms with Gasteiger partial charge in [-0.25, -0.2) is 4.57 Å². The predicted molar refractivity (Wildman–Crippen MR) is 102 cm³/mol. The van der Waals surface area contributed by atoms with Crippen LogP contribution in [0.4, 0.5) is 0 Å². The second-order valence-electron chi connectivity index (χ2n) is 6.70. The van der Waals surface area contributed by atoms with Gasteiger partial charge in [0, 0.05) is 15.9 Å². The number of fused-ring (bicyclic) bond motifs is 3. The van der Waals surface area contributed by atoms with Crippen LogP contribution in [0.1, 0.15) is 11.1 Å². The lowest BCUT2D eigenvalue weighted by Crippen LogP contribution is -2.31. The zero-order valence-corrected chi connectivity index (χ0v) is 14.9. The lowest BCUT2D eigenvalue weighted by Gasteiger charge is -2.21. The summed E-state index contributed by atoms with van der Waals surface area (Å²) in [6.45, 7) is 4.45. The fourth-order valence-electron chi connectivity index (χ4n) is 3.98. The largest absolute Gasteiger partial charge is 0.222 e. The number of benzene rings is 3. The molecule has 0 bridgehead atoms. The van der Waals surface area contributed by atoms with Crippen molar-refractivity contribution in [3.8, 4) is 11.3 Å². The molecule has 1 nitrogen and oxygen atoms in total. The van der Waals surface area contributed by atoms with E-state index in [1.165, 1.54) is 53.7 Å². The van der Waals surface area contributed by atoms with Crippen LogP contribution < -0.4 is 4.57 Å². The summed E-state index contributed by atoms with van der Waals surface area (Å²) in [4.78, 5) is 2.74. The van der Waals surface area contributed by atoms with E-state index in [0.29, 0.717) is 0 Å². The lowest BCUT2D eigenvalue weighted by atomic mass is 9.94. The Hall–Kier alpha value is -2.32. The minimum Gasteiger partial charge on any atom is -0.200 e. The molecule has 1 aliphatic heterocycles. The molecule has 24 heavy (non-hydrogen) atoms. The molecule has 0 saturated carbocycles. The van der Waals surface area contributed by atoms with Gasteiger partial charge in [-0.1, -0.05) is 42.1 Å². The topological polar surface area (TPSA) is 3.88 Å². The quantitative estimate of drug-likeness (QED) is 0.336. The van der Waals surface area contributed by atoms with Crippen LogP contribution in [-0.4, -0.2) is 0 Å². The van der Waals surface area contributed by atoms with Gasteiger partial charge < -0.3 is 0 Å². The molecular weight excluding hydrogens is 310 g/mol. The van der Waals surface area contributed by atoms with E-state index in [2.05, 4.69) is 80.2 Å². The Morgan fingerprint density at radius 1 is 0.875 bits per heavy atom. The van der Waals surface area contributed by atoms with Crippen LogP contribution >= 0.6 is 11.8 Å². The van der Waals surface area contributed by atoms with Crippen LogP contribution in [0.5, 0.6) is 0 Å². The van der Waals surface area contributed by atoms with Gasteiger partial charge in [0.05, 0.1) is 10.9 Å². The summed E-state index contributed by atoms with van der Waals surface area (Å²) in [6, 6.07) is 17.9. The van der Waals surface area contributed by atoms with E-state index >= 15 is 0 Å². The molecule has 0 N–H and O–H groups in total. The van der Waals surface area contributed by atoms with E-state index in [1.54, 1.807) is 0 Å². The second kappa shape index (κ2) is 4.84. The van der Waals surface area contributed by atoms with Crippen molar-refractivity contribution in [2.75, 3.05) is 0 Å². The van der Waals surface area contributed by atoms with Crippen molar-refractivity contribution in [3.63, 3.8) is 0 Å². The van der Waals surface area contributed by atoms with Crippen LogP contribution in [0.25, 0.3) is 32.8 Å². The van der Waals surface area contributed by atoms with E-state index in [-0.39, 0.29) is 0 Å². The molecule has 1 aromatic heterocycles. The highest BCUT2D eigenvalue weighted by atomic mass is 32.2. The monoisotopic (exact) mass is 328 g/mol. The number of hydrogen-bond donors (Lipinski definition) is 0. The van der Waals surface area contributed by atoms with Crippen molar-refractivity contribution in [1.82, 2.24) is 0 Å². The van der Waals surface area contributed by atoms with Gasteiger partial charge >= 0.3 is 0 Å². The van der Waals surface area contributed by atoms with Gasteiger partial charge in [0.1, 0.15) is 7.05 Å². The average Bonchev–Trinajstić information content (AvgIpc) is 2.57. The third-order valence-electron chi connectivity index (χ3n) is 5.07. The third-order valence-corrected chi connectivity index (χ3v) is 6.16. The van der Waals surface area contributed by atoms with E-state index < -0.39 is 0 Å². The Morgan fingerprint density at radius 2 is 1.71 bits per heavy atom. The summed E-state index contributed by atoms with van der Waals surface area (Å²) in [5.41, 5.74) is 5.44. The first-order chi connectivity index (χ1) is 11.6. The van der Waals surface area contributed by atoms with Crippen LogP contribution in [0, 0.1) is 13.8 Å². The van der Waals surface area contributed by atoms with Crippen molar-refractivity contribution in [1.29, 1.82) is 0 Å². The van der Waals surface area contributed by atoms with Crippen LogP contribution in [0.2, 0.25) is 0 Å². The zero-order valence-electron chi connectivity index (χ0n) is 14.1. The minimum absolute atomic E-state index is 1.32. The van der Waals surface area contributed by atoms with E-state index in [4.69, 9.17) is 0 Å². The van der Waals surface area contributed by atoms with Gasteiger partial charge in [0.2, 0.25) is 5.69 Å². The molecule has 0 fully saturated rings. The Morgan fingerprint density at radius 3 is 2.58 bits per heavy atom. The molecule has 0 saturated heterocycles. The molecule has 0 atom stereocenters. The van der Waals surface area contributed by atoms with Gasteiger partial charge in [-0.15, -0.1) is 0 Å². The van der Waals surface area contributed by atoms with E-state index in [9.17, 15) is 0 Å². The number of hydrogen-bond acceptors (Lipinski definition) is 1. The van der Waals surface area contributed by atoms with Gasteiger partial charge in [-0.3, -0.25) is 0 Å². The molecule has 3 aromatic carbocycles. The molecule has 0 amide bonds. The summed E-state index contributed by atoms with van der Waals surface area (Å²) in [7, 11) is 2.16. The van der Waals surface area contributed by atoms with Crippen molar-refractivity contribution in [2.45, 2.75) is 23.6 Å². The minimum atomic E-state index is 1.32. The molecule has 2 heterocycles. The van der Waals surface area contributed by atoms with Gasteiger partial charge in [-0.2, -0.15) is 0 Å². The maximum absolute atomic E-state index is 2.35. The number of nitrogens with zero attached hydrogens (tertiary/aromatic N) is 1. The molecule has 0 spiro atoms. The number of rotatable bonds is 0. The summed E-state index contributed by atoms with van der Waals surface area (Å²) in [5.74, 6) is 0. The fraction of sp³-hybridized carbons (Fsp3) is 0.136. The normalized spacial score (nSPS) is 12.6. The van der Waals surface area contributed by atoms with Crippen molar-refractivity contribution in [3.05, 3.63) is 65.9 Å². The summed E-state index contributed by atoms with van der Waals surface area (Å²) < 4.78 is 2.28. The zero-order chi connectivity index (χ0) is 16.4. The van der Waals surface area contributed by atoms with Crippen LogP contribution in [0.15, 0.2) is 64.5 Å². The van der Waals surface area contributed by atoms with Gasteiger partial charge in [0.25, 0.3) is 0 Å². The second-order valence-corrected chi connectivity index (χ2v) is 7.78. The lowest BCUT2D eigenvalue weighted by molar-refractivity contribution is -0.659. The maximum atomic E-state index is 2.35. The smallest absolute Gasteiger partial charge is 0.200 e. The molecule has 2 heteroatoms. The summed E-state index contributed by atoms with van der Waals surface area (Å²) >= 11 is 1.91. The molecule has 0 aliphatic carbocycles. The van der Waals surface area contributed by atoms with Crippen molar-refractivity contribution < 1.29 is 4.57 Å². The number of aromatic nitrogens is 1. The number of aryl methyl sites for hydroxylation is 3. The van der Waals surface area contributed by atoms with Gasteiger partial charge in [-0.05, 0) is 53.3 Å². The Balaban J connectivity index is 2.01. The van der Waals surface area contributed by atoms with Gasteiger partial charge in [0.15, 0.2) is 6.20 Å². The first-order valence-corrected chi connectivity index (χ1v) is 9.09. The predicted octanol–water partition coefficient (Wildman–Crippen LogP) is 5.57. The summed E-state index contributed by atoms with van der Waals surface area (Å²) in [6.07, 6.45) is 2.19. The molecule has 0 radical (unpaired) electrons. The first kappa shape index (κ1) is 14.1. The molecular formula is C22H18NS+. The number of pyridine rings is 1. The highest BCUT2D eigenvalue weighted by Crippen LogP contribution is 2.49. The standard InChI is InChI=1S/C22H18NS/c1-13-10-16-8-9-23(3)22-20-14(2)17-7-5-4-6-15(17)12-19(20)24-18(11-13)21(16)22/h4-12H,1-3H3/q+1. The molecule has 4 aromatic rings. The highest BCUT2D eigenvalue weighted by molar-refractivity contribution is 7.99. The first-order valence-electron chi connectivity index (χ1n) is 8.27. The average molecular weight is 328 g/mol. The molecule has 116 valence electrons. The van der Waals surface area contributed by atoms with Crippen molar-refractivity contribution in [2.24, 2.45) is 7.05 Å². The SMILES string of the molecule is Cc1cc2c3c([n+](C)ccc3c1)-c1c(cc3ccccc3c1C)S2. The third kappa shape index (κ3) is 1.81. The fourth-order valence-corrected chi connectivity index (χ4v) is 5.32. The van der Waals surface area contributed by atoms with E-state index in [0.717, 1.165) is 0 Å². The van der Waals surface area contributed by atoms with Crippen molar-refractivity contribution >= 4 is 33.3 Å². The molecule has 0 unspecified atom stereocenters. The van der Waals surface area contributed by atoms with Crippen LogP contribution in [0.3, 0.4) is 0 Å².